The third kappa shape index (κ3) is 4.15. The van der Waals surface area contributed by atoms with Crippen molar-refractivity contribution in [3.05, 3.63) is 52.5 Å². The summed E-state index contributed by atoms with van der Waals surface area (Å²) in [4.78, 5) is 1.09. The Morgan fingerprint density at radius 1 is 1.10 bits per heavy atom. The van der Waals surface area contributed by atoms with E-state index < -0.39 is 6.10 Å². The number of thioether (sulfide) groups is 1. The second kappa shape index (κ2) is 7.73. The maximum Gasteiger partial charge on any atom is 0.128 e. The quantitative estimate of drug-likeness (QED) is 0.771. The molecule has 0 heterocycles. The topological polar surface area (TPSA) is 38.7 Å². The molecule has 0 bridgehead atoms. The summed E-state index contributed by atoms with van der Waals surface area (Å²) in [5, 5.41) is 10.5. The SMILES string of the molecule is COc1cccc(OC)c1C(O)CSc1cccc(Br)c1. The first-order valence-electron chi connectivity index (χ1n) is 6.43. The molecule has 0 saturated heterocycles. The minimum absolute atomic E-state index is 0.521. The van der Waals surface area contributed by atoms with Gasteiger partial charge in [-0.2, -0.15) is 0 Å². The lowest BCUT2D eigenvalue weighted by atomic mass is 10.1. The monoisotopic (exact) mass is 368 g/mol. The molecule has 0 fully saturated rings. The van der Waals surface area contributed by atoms with E-state index in [-0.39, 0.29) is 0 Å². The van der Waals surface area contributed by atoms with Crippen molar-refractivity contribution in [1.29, 1.82) is 0 Å². The van der Waals surface area contributed by atoms with Gasteiger partial charge in [0, 0.05) is 15.1 Å². The van der Waals surface area contributed by atoms with E-state index in [0.29, 0.717) is 22.8 Å². The van der Waals surface area contributed by atoms with Crippen LogP contribution in [0.3, 0.4) is 0 Å². The first-order chi connectivity index (χ1) is 10.2. The number of methoxy groups -OCH3 is 2. The van der Waals surface area contributed by atoms with E-state index in [1.807, 2.05) is 42.5 Å². The van der Waals surface area contributed by atoms with Crippen LogP contribution in [0.4, 0.5) is 0 Å². The molecule has 2 aromatic rings. The normalized spacial score (nSPS) is 12.0. The van der Waals surface area contributed by atoms with Crippen LogP contribution >= 0.6 is 27.7 Å². The molecule has 5 heteroatoms. The van der Waals surface area contributed by atoms with Crippen LogP contribution in [0.25, 0.3) is 0 Å². The maximum absolute atomic E-state index is 10.5. The minimum atomic E-state index is -0.667. The van der Waals surface area contributed by atoms with Crippen LogP contribution in [0.1, 0.15) is 11.7 Å². The number of hydrogen-bond acceptors (Lipinski definition) is 4. The third-order valence-corrected chi connectivity index (χ3v) is 4.57. The number of rotatable bonds is 6. The van der Waals surface area contributed by atoms with E-state index in [1.54, 1.807) is 26.0 Å². The number of aliphatic hydroxyl groups is 1. The van der Waals surface area contributed by atoms with Crippen LogP contribution in [0.2, 0.25) is 0 Å². The zero-order valence-electron chi connectivity index (χ0n) is 11.9. The highest BCUT2D eigenvalue weighted by atomic mass is 79.9. The number of benzene rings is 2. The zero-order valence-corrected chi connectivity index (χ0v) is 14.3. The molecular weight excluding hydrogens is 352 g/mol. The number of hydrogen-bond donors (Lipinski definition) is 1. The number of aliphatic hydroxyl groups excluding tert-OH is 1. The molecule has 0 aromatic heterocycles. The van der Waals surface area contributed by atoms with Crippen LogP contribution < -0.4 is 9.47 Å². The molecule has 0 aliphatic heterocycles. The summed E-state index contributed by atoms with van der Waals surface area (Å²) in [6.07, 6.45) is -0.667. The summed E-state index contributed by atoms with van der Waals surface area (Å²) in [6.45, 7) is 0. The van der Waals surface area contributed by atoms with Crippen molar-refractivity contribution >= 4 is 27.7 Å². The Morgan fingerprint density at radius 3 is 2.29 bits per heavy atom. The molecule has 1 unspecified atom stereocenters. The highest BCUT2D eigenvalue weighted by Gasteiger charge is 2.18. The summed E-state index contributed by atoms with van der Waals surface area (Å²) >= 11 is 5.03. The van der Waals surface area contributed by atoms with Gasteiger partial charge >= 0.3 is 0 Å². The average Bonchev–Trinajstić information content (AvgIpc) is 2.51. The Hall–Kier alpha value is -1.17. The fourth-order valence-corrected chi connectivity index (χ4v) is 3.48. The molecule has 2 rings (SSSR count). The van der Waals surface area contributed by atoms with Gasteiger partial charge in [-0.25, -0.2) is 0 Å². The van der Waals surface area contributed by atoms with Crippen molar-refractivity contribution < 1.29 is 14.6 Å². The maximum atomic E-state index is 10.5. The Labute approximate surface area is 137 Å². The summed E-state index contributed by atoms with van der Waals surface area (Å²) in [5.74, 6) is 1.79. The van der Waals surface area contributed by atoms with Crippen LogP contribution in [0.15, 0.2) is 51.8 Å². The van der Waals surface area contributed by atoms with Gasteiger partial charge in [-0.1, -0.05) is 28.1 Å². The third-order valence-electron chi connectivity index (χ3n) is 3.00. The fourth-order valence-electron chi connectivity index (χ4n) is 2.02. The van der Waals surface area contributed by atoms with Crippen molar-refractivity contribution in [2.45, 2.75) is 11.0 Å². The molecular formula is C16H17BrO3S. The van der Waals surface area contributed by atoms with Crippen LogP contribution in [-0.2, 0) is 0 Å². The second-order valence-corrected chi connectivity index (χ2v) is 6.37. The molecule has 2 aromatic carbocycles. The standard InChI is InChI=1S/C16H17BrO3S/c1-19-14-7-4-8-15(20-2)16(14)13(18)10-21-12-6-3-5-11(17)9-12/h3-9,13,18H,10H2,1-2H3. The van der Waals surface area contributed by atoms with Crippen LogP contribution in [-0.4, -0.2) is 25.1 Å². The first-order valence-corrected chi connectivity index (χ1v) is 8.21. The highest BCUT2D eigenvalue weighted by Crippen LogP contribution is 2.36. The van der Waals surface area contributed by atoms with Gasteiger partial charge in [0.25, 0.3) is 0 Å². The molecule has 3 nitrogen and oxygen atoms in total. The molecule has 0 amide bonds. The largest absolute Gasteiger partial charge is 0.496 e. The van der Waals surface area contributed by atoms with E-state index in [1.165, 1.54) is 0 Å². The lowest BCUT2D eigenvalue weighted by Gasteiger charge is -2.17. The minimum Gasteiger partial charge on any atom is -0.496 e. The van der Waals surface area contributed by atoms with Gasteiger partial charge in [0.1, 0.15) is 11.5 Å². The van der Waals surface area contributed by atoms with Crippen molar-refractivity contribution in [1.82, 2.24) is 0 Å². The van der Waals surface area contributed by atoms with Crippen molar-refractivity contribution in [2.24, 2.45) is 0 Å². The second-order valence-electron chi connectivity index (χ2n) is 4.36. The number of halogens is 1. The van der Waals surface area contributed by atoms with Gasteiger partial charge in [0.2, 0.25) is 0 Å². The van der Waals surface area contributed by atoms with Gasteiger partial charge < -0.3 is 14.6 Å². The first kappa shape index (κ1) is 16.2. The predicted molar refractivity (Wildman–Crippen MR) is 89.4 cm³/mol. The van der Waals surface area contributed by atoms with Crippen molar-refractivity contribution in [3.8, 4) is 11.5 Å². The van der Waals surface area contributed by atoms with Crippen LogP contribution in [0.5, 0.6) is 11.5 Å². The van der Waals surface area contributed by atoms with Gasteiger partial charge in [0.15, 0.2) is 0 Å². The van der Waals surface area contributed by atoms with Gasteiger partial charge in [-0.3, -0.25) is 0 Å². The molecule has 1 N–H and O–H groups in total. The zero-order chi connectivity index (χ0) is 15.2. The summed E-state index contributed by atoms with van der Waals surface area (Å²) in [7, 11) is 3.18. The Bertz CT molecular complexity index is 582. The molecule has 21 heavy (non-hydrogen) atoms. The Balaban J connectivity index is 2.15. The van der Waals surface area contributed by atoms with Gasteiger partial charge in [0.05, 0.1) is 25.9 Å². The Morgan fingerprint density at radius 2 is 1.71 bits per heavy atom. The molecule has 112 valence electrons. The van der Waals surface area contributed by atoms with Crippen LogP contribution in [0, 0.1) is 0 Å². The molecule has 0 radical (unpaired) electrons. The van der Waals surface area contributed by atoms with E-state index in [4.69, 9.17) is 9.47 Å². The van der Waals surface area contributed by atoms with E-state index in [0.717, 1.165) is 9.37 Å². The summed E-state index contributed by atoms with van der Waals surface area (Å²) in [6, 6.07) is 13.5. The lowest BCUT2D eigenvalue weighted by molar-refractivity contribution is 0.193. The van der Waals surface area contributed by atoms with E-state index >= 15 is 0 Å². The number of ether oxygens (including phenoxy) is 2. The van der Waals surface area contributed by atoms with Crippen molar-refractivity contribution in [2.75, 3.05) is 20.0 Å². The summed E-state index contributed by atoms with van der Waals surface area (Å²) < 4.78 is 11.7. The molecule has 0 aliphatic carbocycles. The smallest absolute Gasteiger partial charge is 0.128 e. The van der Waals surface area contributed by atoms with E-state index in [9.17, 15) is 5.11 Å². The Kier molecular flexibility index (Phi) is 5.96. The molecule has 0 saturated carbocycles. The molecule has 0 aliphatic rings. The summed E-state index contributed by atoms with van der Waals surface area (Å²) in [5.41, 5.74) is 0.685. The predicted octanol–water partition coefficient (Wildman–Crippen LogP) is 4.29. The highest BCUT2D eigenvalue weighted by molar-refractivity contribution is 9.10. The van der Waals surface area contributed by atoms with Crippen molar-refractivity contribution in [3.63, 3.8) is 0 Å². The lowest BCUT2D eigenvalue weighted by Crippen LogP contribution is -2.05. The average molecular weight is 369 g/mol. The van der Waals surface area contributed by atoms with Gasteiger partial charge in [-0.05, 0) is 30.3 Å². The molecule has 1 atom stereocenters. The fraction of sp³-hybridized carbons (Fsp3) is 0.250. The molecule has 0 spiro atoms. The van der Waals surface area contributed by atoms with Gasteiger partial charge in [-0.15, -0.1) is 11.8 Å². The van der Waals surface area contributed by atoms with E-state index in [2.05, 4.69) is 15.9 Å².